The fourth-order valence-electron chi connectivity index (χ4n) is 5.41. The molecule has 1 unspecified atom stereocenters. The zero-order valence-electron chi connectivity index (χ0n) is 22.3. The van der Waals surface area contributed by atoms with Crippen LogP contribution in [0.15, 0.2) is 84.9 Å². The van der Waals surface area contributed by atoms with E-state index >= 15 is 4.39 Å². The predicted octanol–water partition coefficient (Wildman–Crippen LogP) is 7.24. The molecule has 9 heteroatoms. The minimum atomic E-state index is -4.60. The van der Waals surface area contributed by atoms with Crippen LogP contribution in [0.2, 0.25) is 0 Å². The minimum absolute atomic E-state index is 0.0225. The van der Waals surface area contributed by atoms with E-state index in [1.165, 1.54) is 36.1 Å². The summed E-state index contributed by atoms with van der Waals surface area (Å²) >= 11 is 0. The number of nitrogens with one attached hydrogen (secondary N) is 1. The van der Waals surface area contributed by atoms with Gasteiger partial charge in [-0.2, -0.15) is 13.2 Å². The number of carbonyl (C=O) groups excluding carboxylic acids is 2. The van der Waals surface area contributed by atoms with E-state index in [4.69, 9.17) is 5.73 Å². The topological polar surface area (TPSA) is 75.4 Å². The average molecular weight is 562 g/mol. The molecule has 1 aliphatic rings. The van der Waals surface area contributed by atoms with Gasteiger partial charge in [0.05, 0.1) is 23.1 Å². The maximum Gasteiger partial charge on any atom is 0.416 e. The molecule has 5 nitrogen and oxygen atoms in total. The SMILES string of the molecule is Cc1ccc(NC(=O)[C@H]2Cc3ccccc3N(C(=O)c3c(C)cccc3F)C2c2ccc(N)cc2)cc1C(F)(F)F. The third kappa shape index (κ3) is 5.39. The summed E-state index contributed by atoms with van der Waals surface area (Å²) in [7, 11) is 0. The van der Waals surface area contributed by atoms with Crippen LogP contribution in [0, 0.1) is 25.6 Å². The Morgan fingerprint density at radius 1 is 0.902 bits per heavy atom. The number of para-hydroxylation sites is 1. The number of fused-ring (bicyclic) bond motifs is 1. The summed E-state index contributed by atoms with van der Waals surface area (Å²) in [5.74, 6) is -2.85. The third-order valence-corrected chi connectivity index (χ3v) is 7.43. The maximum absolute atomic E-state index is 15.1. The lowest BCUT2D eigenvalue weighted by molar-refractivity contribution is -0.138. The van der Waals surface area contributed by atoms with Crippen molar-refractivity contribution in [2.75, 3.05) is 16.0 Å². The molecule has 4 aromatic carbocycles. The summed E-state index contributed by atoms with van der Waals surface area (Å²) in [5.41, 5.74) is 7.58. The summed E-state index contributed by atoms with van der Waals surface area (Å²) in [6, 6.07) is 20.7. The van der Waals surface area contributed by atoms with E-state index in [1.807, 2.05) is 0 Å². The number of nitrogens with zero attached hydrogens (tertiary/aromatic N) is 1. The van der Waals surface area contributed by atoms with Gasteiger partial charge in [0, 0.05) is 17.1 Å². The van der Waals surface area contributed by atoms with Crippen LogP contribution in [0.3, 0.4) is 0 Å². The van der Waals surface area contributed by atoms with Gasteiger partial charge in [0.15, 0.2) is 0 Å². The molecule has 5 rings (SSSR count). The number of carbonyl (C=O) groups is 2. The maximum atomic E-state index is 15.1. The Bertz CT molecular complexity index is 1610. The van der Waals surface area contributed by atoms with Gasteiger partial charge in [-0.25, -0.2) is 4.39 Å². The number of rotatable bonds is 4. The lowest BCUT2D eigenvalue weighted by Gasteiger charge is -2.42. The number of amides is 2. The fraction of sp³-hybridized carbons (Fsp3) is 0.188. The first-order valence-corrected chi connectivity index (χ1v) is 13.0. The normalized spacial score (nSPS) is 16.7. The molecule has 1 aliphatic heterocycles. The second-order valence-corrected chi connectivity index (χ2v) is 10.2. The zero-order chi connectivity index (χ0) is 29.5. The average Bonchev–Trinajstić information content (AvgIpc) is 2.92. The van der Waals surface area contributed by atoms with E-state index in [1.54, 1.807) is 61.5 Å². The molecule has 0 saturated heterocycles. The summed E-state index contributed by atoms with van der Waals surface area (Å²) in [5, 5.41) is 2.64. The van der Waals surface area contributed by atoms with Crippen molar-refractivity contribution in [2.45, 2.75) is 32.5 Å². The number of aryl methyl sites for hydroxylation is 2. The van der Waals surface area contributed by atoms with Crippen molar-refractivity contribution in [3.63, 3.8) is 0 Å². The van der Waals surface area contributed by atoms with Crippen molar-refractivity contribution in [3.8, 4) is 0 Å². The standard InChI is InChI=1S/C32H27F4N3O2/c1-18-10-15-23(17-25(18)32(34,35)36)38-30(40)24-16-21-7-3-4-9-27(21)39(29(24)20-11-13-22(37)14-12-20)31(41)28-19(2)6-5-8-26(28)33/h3-15,17,24,29H,16,37H2,1-2H3,(H,38,40)/t24-,29?/m0/s1. The van der Waals surface area contributed by atoms with E-state index in [0.717, 1.165) is 6.07 Å². The van der Waals surface area contributed by atoms with Gasteiger partial charge in [0.1, 0.15) is 5.82 Å². The van der Waals surface area contributed by atoms with Gasteiger partial charge < -0.3 is 11.1 Å². The van der Waals surface area contributed by atoms with Gasteiger partial charge in [-0.15, -0.1) is 0 Å². The van der Waals surface area contributed by atoms with Crippen molar-refractivity contribution < 1.29 is 27.2 Å². The third-order valence-electron chi connectivity index (χ3n) is 7.43. The Morgan fingerprint density at radius 2 is 1.61 bits per heavy atom. The number of alkyl halides is 3. The molecule has 41 heavy (non-hydrogen) atoms. The van der Waals surface area contributed by atoms with E-state index in [9.17, 15) is 22.8 Å². The molecule has 0 aliphatic carbocycles. The lowest BCUT2D eigenvalue weighted by atomic mass is 9.80. The summed E-state index contributed by atoms with van der Waals surface area (Å²) in [6.45, 7) is 2.97. The Morgan fingerprint density at radius 3 is 2.29 bits per heavy atom. The number of hydrogen-bond acceptors (Lipinski definition) is 3. The van der Waals surface area contributed by atoms with Gasteiger partial charge in [0.2, 0.25) is 5.91 Å². The second kappa shape index (κ2) is 10.7. The lowest BCUT2D eigenvalue weighted by Crippen LogP contribution is -2.47. The molecular weight excluding hydrogens is 534 g/mol. The molecule has 2 amide bonds. The quantitative estimate of drug-likeness (QED) is 0.204. The zero-order valence-corrected chi connectivity index (χ0v) is 22.3. The molecule has 0 bridgehead atoms. The van der Waals surface area contributed by atoms with E-state index in [-0.39, 0.29) is 23.2 Å². The molecule has 0 aromatic heterocycles. The molecular formula is C32H27F4N3O2. The molecule has 0 saturated carbocycles. The van der Waals surface area contributed by atoms with Crippen molar-refractivity contribution in [2.24, 2.45) is 5.92 Å². The highest BCUT2D eigenvalue weighted by molar-refractivity contribution is 6.09. The highest BCUT2D eigenvalue weighted by Gasteiger charge is 2.43. The van der Waals surface area contributed by atoms with E-state index in [0.29, 0.717) is 28.1 Å². The molecule has 2 atom stereocenters. The smallest absolute Gasteiger partial charge is 0.399 e. The van der Waals surface area contributed by atoms with Crippen molar-refractivity contribution in [1.82, 2.24) is 0 Å². The highest BCUT2D eigenvalue weighted by atomic mass is 19.4. The minimum Gasteiger partial charge on any atom is -0.399 e. The second-order valence-electron chi connectivity index (χ2n) is 10.2. The molecule has 1 heterocycles. The number of hydrogen-bond donors (Lipinski definition) is 2. The van der Waals surface area contributed by atoms with Gasteiger partial charge in [-0.05, 0) is 78.9 Å². The van der Waals surface area contributed by atoms with Crippen LogP contribution in [0.25, 0.3) is 0 Å². The number of halogens is 4. The van der Waals surface area contributed by atoms with Gasteiger partial charge in [0.25, 0.3) is 5.91 Å². The van der Waals surface area contributed by atoms with E-state index in [2.05, 4.69) is 5.32 Å². The Kier molecular flexibility index (Phi) is 7.29. The monoisotopic (exact) mass is 561 g/mol. The number of benzene rings is 4. The molecule has 0 radical (unpaired) electrons. The number of anilines is 3. The molecule has 4 aromatic rings. The first kappa shape index (κ1) is 27.9. The first-order chi connectivity index (χ1) is 19.5. The van der Waals surface area contributed by atoms with Crippen LogP contribution >= 0.6 is 0 Å². The highest BCUT2D eigenvalue weighted by Crippen LogP contribution is 2.44. The fourth-order valence-corrected chi connectivity index (χ4v) is 5.41. The Balaban J connectivity index is 1.64. The van der Waals surface area contributed by atoms with Crippen LogP contribution in [-0.4, -0.2) is 11.8 Å². The van der Waals surface area contributed by atoms with Crippen LogP contribution < -0.4 is 16.0 Å². The van der Waals surface area contributed by atoms with Crippen molar-refractivity contribution >= 4 is 28.9 Å². The van der Waals surface area contributed by atoms with Crippen LogP contribution in [-0.2, 0) is 17.4 Å². The largest absolute Gasteiger partial charge is 0.416 e. The first-order valence-electron chi connectivity index (χ1n) is 13.0. The van der Waals surface area contributed by atoms with E-state index < -0.39 is 41.3 Å². The summed E-state index contributed by atoms with van der Waals surface area (Å²) in [4.78, 5) is 29.5. The molecule has 0 fully saturated rings. The van der Waals surface area contributed by atoms with Crippen LogP contribution in [0.5, 0.6) is 0 Å². The summed E-state index contributed by atoms with van der Waals surface area (Å²) in [6.07, 6.45) is -4.41. The van der Waals surface area contributed by atoms with Gasteiger partial charge in [-0.1, -0.05) is 48.5 Å². The predicted molar refractivity (Wildman–Crippen MR) is 150 cm³/mol. The number of nitrogen functional groups attached to an aromatic ring is 1. The van der Waals surface area contributed by atoms with Crippen LogP contribution in [0.1, 0.15) is 44.2 Å². The summed E-state index contributed by atoms with van der Waals surface area (Å²) < 4.78 is 55.8. The number of nitrogens with two attached hydrogens (primary N) is 1. The Hall–Kier alpha value is -4.66. The van der Waals surface area contributed by atoms with Crippen molar-refractivity contribution in [1.29, 1.82) is 0 Å². The molecule has 3 N–H and O–H groups in total. The van der Waals surface area contributed by atoms with Crippen molar-refractivity contribution in [3.05, 3.63) is 124 Å². The Labute approximate surface area is 234 Å². The van der Waals surface area contributed by atoms with Gasteiger partial charge in [-0.3, -0.25) is 14.5 Å². The molecule has 210 valence electrons. The van der Waals surface area contributed by atoms with Gasteiger partial charge >= 0.3 is 6.18 Å². The van der Waals surface area contributed by atoms with Crippen LogP contribution in [0.4, 0.5) is 34.6 Å². The molecule has 0 spiro atoms.